The van der Waals surface area contributed by atoms with Crippen molar-refractivity contribution in [2.45, 2.75) is 82.1 Å². The van der Waals surface area contributed by atoms with E-state index in [1.54, 1.807) is 6.92 Å². The van der Waals surface area contributed by atoms with Crippen molar-refractivity contribution in [1.82, 2.24) is 15.5 Å². The van der Waals surface area contributed by atoms with Crippen molar-refractivity contribution in [3.63, 3.8) is 0 Å². The molecule has 0 radical (unpaired) electrons. The fraction of sp³-hybridized carbons (Fsp3) is 0.630. The van der Waals surface area contributed by atoms with Crippen molar-refractivity contribution in [2.75, 3.05) is 19.7 Å². The lowest BCUT2D eigenvalue weighted by Gasteiger charge is -2.53. The highest BCUT2D eigenvalue weighted by molar-refractivity contribution is 5.88. The first-order chi connectivity index (χ1) is 17.3. The average molecular weight is 499 g/mol. The molecule has 1 aromatic carbocycles. The van der Waals surface area contributed by atoms with Gasteiger partial charge in [-0.15, -0.1) is 0 Å². The van der Waals surface area contributed by atoms with E-state index in [-0.39, 0.29) is 43.5 Å². The Hall–Kier alpha value is -2.99. The molecule has 9 heteroatoms. The van der Waals surface area contributed by atoms with Crippen molar-refractivity contribution >= 4 is 17.8 Å². The summed E-state index contributed by atoms with van der Waals surface area (Å²) in [5.74, 6) is -0.793. The molecular weight excluding hydrogens is 463 g/mol. The number of hydrogen-bond donors (Lipinski definition) is 2. The summed E-state index contributed by atoms with van der Waals surface area (Å²) in [5.41, 5.74) is 0.181. The van der Waals surface area contributed by atoms with E-state index in [9.17, 15) is 24.0 Å². The summed E-state index contributed by atoms with van der Waals surface area (Å²) in [6.07, 6.45) is 3.50. The van der Waals surface area contributed by atoms with Crippen LogP contribution in [0.4, 0.5) is 4.39 Å². The molecule has 4 fully saturated rings. The number of hydrogen-bond acceptors (Lipinski definition) is 6. The van der Waals surface area contributed by atoms with E-state index >= 15 is 0 Å². The highest BCUT2D eigenvalue weighted by atomic mass is 19.1. The van der Waals surface area contributed by atoms with Crippen LogP contribution in [0, 0.1) is 16.7 Å². The van der Waals surface area contributed by atoms with Gasteiger partial charge in [0.15, 0.2) is 0 Å². The second kappa shape index (κ2) is 11.0. The zero-order chi connectivity index (χ0) is 25.8. The van der Waals surface area contributed by atoms with E-state index < -0.39 is 29.6 Å². The minimum absolute atomic E-state index is 0.0281. The van der Waals surface area contributed by atoms with E-state index in [1.807, 2.05) is 36.4 Å². The molecule has 3 atom stereocenters. The first kappa shape index (κ1) is 26.1. The van der Waals surface area contributed by atoms with Gasteiger partial charge in [0.25, 0.3) is 0 Å². The lowest BCUT2D eigenvalue weighted by Crippen LogP contribution is -2.61. The minimum atomic E-state index is -1.15. The van der Waals surface area contributed by atoms with Gasteiger partial charge < -0.3 is 20.3 Å². The topological polar surface area (TPSA) is 112 Å². The summed E-state index contributed by atoms with van der Waals surface area (Å²) in [6, 6.07) is 10.1. The quantitative estimate of drug-likeness (QED) is 0.506. The second-order valence-corrected chi connectivity index (χ2v) is 10.4. The zero-order valence-electron chi connectivity index (χ0n) is 20.8. The normalized spacial score (nSPS) is 29.9. The van der Waals surface area contributed by atoms with Crippen molar-refractivity contribution in [1.29, 1.82) is 5.26 Å². The van der Waals surface area contributed by atoms with E-state index in [0.29, 0.717) is 25.7 Å². The molecular formula is C27H35FN4O4. The molecule has 36 heavy (non-hydrogen) atoms. The molecule has 1 saturated heterocycles. The van der Waals surface area contributed by atoms with Gasteiger partial charge in [-0.1, -0.05) is 30.3 Å². The van der Waals surface area contributed by atoms with Crippen molar-refractivity contribution in [2.24, 2.45) is 5.41 Å². The number of carbonyl (C=O) groups is 3. The van der Waals surface area contributed by atoms with Gasteiger partial charge in [0.2, 0.25) is 11.8 Å². The fourth-order valence-electron chi connectivity index (χ4n) is 5.94. The van der Waals surface area contributed by atoms with Gasteiger partial charge >= 0.3 is 5.97 Å². The van der Waals surface area contributed by atoms with Gasteiger partial charge in [-0.25, -0.2) is 9.18 Å². The van der Waals surface area contributed by atoms with Gasteiger partial charge in [-0.3, -0.25) is 9.59 Å². The molecule has 0 spiro atoms. The molecule has 1 aliphatic heterocycles. The summed E-state index contributed by atoms with van der Waals surface area (Å²) >= 11 is 0. The minimum Gasteiger partial charge on any atom is -0.464 e. The van der Waals surface area contributed by atoms with Crippen molar-refractivity contribution < 1.29 is 23.5 Å². The van der Waals surface area contributed by atoms with Crippen LogP contribution in [0.1, 0.15) is 57.4 Å². The Kier molecular flexibility index (Phi) is 7.94. The second-order valence-electron chi connectivity index (χ2n) is 10.4. The van der Waals surface area contributed by atoms with E-state index in [2.05, 4.69) is 10.6 Å². The van der Waals surface area contributed by atoms with Crippen LogP contribution in [0.2, 0.25) is 0 Å². The fourth-order valence-corrected chi connectivity index (χ4v) is 5.94. The van der Waals surface area contributed by atoms with Crippen LogP contribution in [0.3, 0.4) is 0 Å². The molecule has 5 rings (SSSR count). The van der Waals surface area contributed by atoms with Crippen LogP contribution >= 0.6 is 0 Å². The van der Waals surface area contributed by atoms with Crippen molar-refractivity contribution in [3.8, 4) is 6.07 Å². The Balaban J connectivity index is 1.34. The third-order valence-electron chi connectivity index (χ3n) is 8.22. The Morgan fingerprint density at radius 3 is 2.44 bits per heavy atom. The van der Waals surface area contributed by atoms with Gasteiger partial charge in [-0.2, -0.15) is 5.26 Å². The maximum atomic E-state index is 13.7. The Labute approximate surface area is 211 Å². The molecule has 3 saturated carbocycles. The predicted molar refractivity (Wildman–Crippen MR) is 130 cm³/mol. The lowest BCUT2D eigenvalue weighted by atomic mass is 9.57. The number of nitriles is 1. The number of nitrogens with zero attached hydrogens (tertiary/aromatic N) is 2. The van der Waals surface area contributed by atoms with Crippen molar-refractivity contribution in [3.05, 3.63) is 35.9 Å². The standard InChI is InChI=1S/C27H35FN4O4/c1-2-36-24(34)22(14-19-6-4-3-5-7-19)31-25(35)26-8-11-27(12-9-26,13-10-26)30-17-23(33)32-18-20(28)15-21(32)16-29/h3-7,20-22,30H,2,8-15,17-18H2,1H3,(H,31,35)/t20-,21-,22-,26?,27?/m0/s1. The highest BCUT2D eigenvalue weighted by Gasteiger charge is 2.53. The number of likely N-dealkylation sites (tertiary alicyclic amines) is 1. The largest absolute Gasteiger partial charge is 0.464 e. The number of esters is 1. The molecule has 2 bridgehead atoms. The van der Waals surface area contributed by atoms with E-state index in [4.69, 9.17) is 4.74 Å². The van der Waals surface area contributed by atoms with Gasteiger partial charge in [-0.05, 0) is 51.0 Å². The number of ether oxygens (including phenoxy) is 1. The highest BCUT2D eigenvalue weighted by Crippen LogP contribution is 2.52. The van der Waals surface area contributed by atoms with Crippen LogP contribution in [0.15, 0.2) is 30.3 Å². The molecule has 1 heterocycles. The predicted octanol–water partition coefficient (Wildman–Crippen LogP) is 2.42. The van der Waals surface area contributed by atoms with Crippen LogP contribution in [0.5, 0.6) is 0 Å². The van der Waals surface area contributed by atoms with Gasteiger partial charge in [0, 0.05) is 23.8 Å². The summed E-state index contributed by atoms with van der Waals surface area (Å²) in [4.78, 5) is 40.1. The maximum absolute atomic E-state index is 13.7. The Morgan fingerprint density at radius 2 is 1.83 bits per heavy atom. The maximum Gasteiger partial charge on any atom is 0.328 e. The number of carbonyl (C=O) groups excluding carboxylic acids is 3. The smallest absolute Gasteiger partial charge is 0.328 e. The summed E-state index contributed by atoms with van der Waals surface area (Å²) in [7, 11) is 0. The zero-order valence-corrected chi connectivity index (χ0v) is 20.8. The number of amides is 2. The number of nitrogens with one attached hydrogen (secondary N) is 2. The Bertz CT molecular complexity index is 986. The van der Waals surface area contributed by atoms with E-state index in [0.717, 1.165) is 24.8 Å². The molecule has 1 aromatic rings. The van der Waals surface area contributed by atoms with Gasteiger partial charge in [0.1, 0.15) is 18.3 Å². The SMILES string of the molecule is CCOC(=O)[C@H](Cc1ccccc1)NC(=O)C12CCC(NCC(=O)N3C[C@@H](F)C[C@H]3C#N)(CC1)CC2. The molecule has 8 nitrogen and oxygen atoms in total. The monoisotopic (exact) mass is 498 g/mol. The van der Waals surface area contributed by atoms with E-state index in [1.165, 1.54) is 4.90 Å². The molecule has 4 aliphatic rings. The number of alkyl halides is 1. The number of fused-ring (bicyclic) bond motifs is 3. The number of benzene rings is 1. The third-order valence-corrected chi connectivity index (χ3v) is 8.22. The summed E-state index contributed by atoms with van der Waals surface area (Å²) in [5, 5.41) is 15.6. The Morgan fingerprint density at radius 1 is 1.17 bits per heavy atom. The van der Waals surface area contributed by atoms with Crippen LogP contribution < -0.4 is 10.6 Å². The number of halogens is 1. The molecule has 0 aromatic heterocycles. The molecule has 0 unspecified atom stereocenters. The number of rotatable bonds is 9. The first-order valence-corrected chi connectivity index (χ1v) is 12.9. The van der Waals surface area contributed by atoms with Crippen LogP contribution in [0.25, 0.3) is 0 Å². The molecule has 3 aliphatic carbocycles. The summed E-state index contributed by atoms with van der Waals surface area (Å²) in [6.45, 7) is 2.03. The van der Waals surface area contributed by atoms with Gasteiger partial charge in [0.05, 0.1) is 25.8 Å². The van der Waals surface area contributed by atoms with Crippen LogP contribution in [-0.2, 0) is 25.5 Å². The average Bonchev–Trinajstić information content (AvgIpc) is 3.29. The lowest BCUT2D eigenvalue weighted by molar-refractivity contribution is -0.150. The molecule has 2 N–H and O–H groups in total. The first-order valence-electron chi connectivity index (χ1n) is 12.9. The third kappa shape index (κ3) is 5.54. The molecule has 194 valence electrons. The summed E-state index contributed by atoms with van der Waals surface area (Å²) < 4.78 is 18.9. The van der Waals surface area contributed by atoms with Crippen LogP contribution in [-0.4, -0.2) is 66.2 Å². The molecule has 2 amide bonds.